The van der Waals surface area contributed by atoms with E-state index in [9.17, 15) is 9.59 Å². The van der Waals surface area contributed by atoms with Gasteiger partial charge in [-0.15, -0.1) is 0 Å². The quantitative estimate of drug-likeness (QED) is 0.517. The number of piperazine rings is 1. The third-order valence-electron chi connectivity index (χ3n) is 6.00. The molecule has 2 saturated heterocycles. The molecule has 2 aliphatic heterocycles. The highest BCUT2D eigenvalue weighted by Gasteiger charge is 2.35. The lowest BCUT2D eigenvalue weighted by Gasteiger charge is -2.34. The predicted molar refractivity (Wildman–Crippen MR) is 131 cm³/mol. The van der Waals surface area contributed by atoms with Crippen LogP contribution in [0.4, 0.5) is 5.82 Å². The molecule has 0 aliphatic carbocycles. The van der Waals surface area contributed by atoms with Crippen molar-refractivity contribution >= 4 is 51.7 Å². The third kappa shape index (κ3) is 4.02. The van der Waals surface area contributed by atoms with Crippen molar-refractivity contribution in [3.63, 3.8) is 0 Å². The van der Waals surface area contributed by atoms with Crippen molar-refractivity contribution in [2.24, 2.45) is 0 Å². The van der Waals surface area contributed by atoms with Gasteiger partial charge in [-0.1, -0.05) is 37.0 Å². The van der Waals surface area contributed by atoms with Crippen molar-refractivity contribution in [1.29, 1.82) is 0 Å². The molecular weight excluding hydrogens is 430 g/mol. The van der Waals surface area contributed by atoms with E-state index >= 15 is 0 Å². The number of thioether (sulfide) groups is 1. The average Bonchev–Trinajstić information content (AvgIpc) is 3.03. The Balaban J connectivity index is 1.87. The van der Waals surface area contributed by atoms with Crippen LogP contribution in [0.15, 0.2) is 28.0 Å². The van der Waals surface area contributed by atoms with Crippen LogP contribution in [0, 0.1) is 6.92 Å². The molecule has 0 bridgehead atoms. The average molecular weight is 458 g/mol. The SMILES string of the molecule is CCC(C)N1C(=O)C(=Cc2c(N3CCN(C)CC3)nc3c(C)cccn3c2=O)SC1=S. The van der Waals surface area contributed by atoms with Crippen molar-refractivity contribution < 1.29 is 4.79 Å². The first-order valence-electron chi connectivity index (χ1n) is 10.5. The van der Waals surface area contributed by atoms with Crippen LogP contribution in [0.25, 0.3) is 11.7 Å². The lowest BCUT2D eigenvalue weighted by molar-refractivity contribution is -0.123. The Morgan fingerprint density at radius 2 is 1.97 bits per heavy atom. The van der Waals surface area contributed by atoms with E-state index in [2.05, 4.69) is 16.8 Å². The Labute approximate surface area is 191 Å². The summed E-state index contributed by atoms with van der Waals surface area (Å²) in [6, 6.07) is 3.81. The van der Waals surface area contributed by atoms with Gasteiger partial charge in [-0.2, -0.15) is 0 Å². The van der Waals surface area contributed by atoms with Gasteiger partial charge in [0.15, 0.2) is 0 Å². The number of carbonyl (C=O) groups excluding carboxylic acids is 1. The van der Waals surface area contributed by atoms with Crippen LogP contribution in [0.2, 0.25) is 0 Å². The highest BCUT2D eigenvalue weighted by atomic mass is 32.2. The minimum Gasteiger partial charge on any atom is -0.353 e. The van der Waals surface area contributed by atoms with Gasteiger partial charge >= 0.3 is 0 Å². The topological polar surface area (TPSA) is 61.2 Å². The van der Waals surface area contributed by atoms with Gasteiger partial charge < -0.3 is 9.80 Å². The van der Waals surface area contributed by atoms with Gasteiger partial charge in [0.05, 0.1) is 10.5 Å². The normalized spacial score (nSPS) is 20.3. The lowest BCUT2D eigenvalue weighted by atomic mass is 10.2. The van der Waals surface area contributed by atoms with Crippen LogP contribution < -0.4 is 10.5 Å². The second kappa shape index (κ2) is 8.72. The monoisotopic (exact) mass is 457 g/mol. The maximum absolute atomic E-state index is 13.5. The highest BCUT2D eigenvalue weighted by molar-refractivity contribution is 8.26. The molecule has 0 saturated carbocycles. The number of likely N-dealkylation sites (N-methyl/N-ethyl adjacent to an activating group) is 1. The number of thiocarbonyl (C=S) groups is 1. The molecule has 0 radical (unpaired) electrons. The number of pyridine rings is 1. The smallest absolute Gasteiger partial charge is 0.267 e. The number of hydrogen-bond acceptors (Lipinski definition) is 7. The second-order valence-corrected chi connectivity index (χ2v) is 9.81. The van der Waals surface area contributed by atoms with Crippen molar-refractivity contribution in [2.45, 2.75) is 33.2 Å². The minimum atomic E-state index is -0.170. The molecule has 9 heteroatoms. The molecule has 2 aliphatic rings. The molecule has 7 nitrogen and oxygen atoms in total. The molecule has 164 valence electrons. The van der Waals surface area contributed by atoms with Crippen LogP contribution >= 0.6 is 24.0 Å². The van der Waals surface area contributed by atoms with Crippen LogP contribution in [-0.2, 0) is 4.79 Å². The molecule has 0 aromatic carbocycles. The molecule has 2 fully saturated rings. The van der Waals surface area contributed by atoms with Gasteiger partial charge in [0.25, 0.3) is 11.5 Å². The van der Waals surface area contributed by atoms with E-state index in [1.807, 2.05) is 32.9 Å². The summed E-state index contributed by atoms with van der Waals surface area (Å²) >= 11 is 6.72. The summed E-state index contributed by atoms with van der Waals surface area (Å²) in [5, 5.41) is 0. The zero-order valence-electron chi connectivity index (χ0n) is 18.3. The molecule has 1 atom stereocenters. The summed E-state index contributed by atoms with van der Waals surface area (Å²) in [5.41, 5.74) is 1.85. The molecule has 0 N–H and O–H groups in total. The maximum atomic E-state index is 13.5. The molecule has 2 aromatic rings. The Morgan fingerprint density at radius 3 is 2.65 bits per heavy atom. The van der Waals surface area contributed by atoms with Crippen LogP contribution in [0.1, 0.15) is 31.4 Å². The number of nitrogens with zero attached hydrogens (tertiary/aromatic N) is 5. The molecule has 4 heterocycles. The fraction of sp³-hybridized carbons (Fsp3) is 0.455. The summed E-state index contributed by atoms with van der Waals surface area (Å²) in [6.07, 6.45) is 4.23. The van der Waals surface area contributed by atoms with Gasteiger partial charge in [0, 0.05) is 38.4 Å². The molecule has 4 rings (SSSR count). The van der Waals surface area contributed by atoms with Crippen LogP contribution in [-0.4, -0.2) is 68.7 Å². The van der Waals surface area contributed by atoms with Gasteiger partial charge in [-0.25, -0.2) is 4.98 Å². The molecule has 2 aromatic heterocycles. The first-order valence-corrected chi connectivity index (χ1v) is 11.8. The number of aromatic nitrogens is 2. The number of aryl methyl sites for hydroxylation is 1. The third-order valence-corrected chi connectivity index (χ3v) is 7.33. The standard InChI is InChI=1S/C22H27N5O2S2/c1-5-15(3)27-21(29)17(31-22(27)30)13-16-19(25-11-9-24(4)10-12-25)23-18-14(2)7-6-8-26(18)20(16)28/h6-8,13,15H,5,9-12H2,1-4H3. The Hall–Kier alpha value is -2.23. The van der Waals surface area contributed by atoms with E-state index in [0.29, 0.717) is 26.3 Å². The van der Waals surface area contributed by atoms with E-state index in [-0.39, 0.29) is 17.5 Å². The maximum Gasteiger partial charge on any atom is 0.267 e. The summed E-state index contributed by atoms with van der Waals surface area (Å²) in [4.78, 5) is 38.0. The first kappa shape index (κ1) is 22.0. The van der Waals surface area contributed by atoms with E-state index < -0.39 is 0 Å². The Kier molecular flexibility index (Phi) is 6.18. The largest absolute Gasteiger partial charge is 0.353 e. The van der Waals surface area contributed by atoms with E-state index in [4.69, 9.17) is 17.2 Å². The van der Waals surface area contributed by atoms with Crippen LogP contribution in [0.5, 0.6) is 0 Å². The number of hydrogen-bond donors (Lipinski definition) is 0. The van der Waals surface area contributed by atoms with E-state index in [1.54, 1.807) is 21.6 Å². The zero-order valence-corrected chi connectivity index (χ0v) is 19.9. The first-order chi connectivity index (χ1) is 14.8. The van der Waals surface area contributed by atoms with Crippen LogP contribution in [0.3, 0.4) is 0 Å². The Morgan fingerprint density at radius 1 is 1.26 bits per heavy atom. The van der Waals surface area contributed by atoms with Gasteiger partial charge in [-0.3, -0.25) is 18.9 Å². The molecule has 1 unspecified atom stereocenters. The summed E-state index contributed by atoms with van der Waals surface area (Å²) in [6.45, 7) is 9.31. The fourth-order valence-corrected chi connectivity index (χ4v) is 5.30. The number of anilines is 1. The van der Waals surface area contributed by atoms with Gasteiger partial charge in [0.2, 0.25) is 0 Å². The van der Waals surface area contributed by atoms with Gasteiger partial charge in [-0.05, 0) is 45.0 Å². The van der Waals surface area contributed by atoms with E-state index in [1.165, 1.54) is 11.8 Å². The zero-order chi connectivity index (χ0) is 22.3. The van der Waals surface area contributed by atoms with E-state index in [0.717, 1.165) is 38.2 Å². The van der Waals surface area contributed by atoms with Gasteiger partial charge in [0.1, 0.15) is 15.8 Å². The molecule has 31 heavy (non-hydrogen) atoms. The molecule has 1 amide bonds. The second-order valence-electron chi connectivity index (χ2n) is 8.14. The highest BCUT2D eigenvalue weighted by Crippen LogP contribution is 2.35. The van der Waals surface area contributed by atoms with Crippen molar-refractivity contribution in [2.75, 3.05) is 38.1 Å². The number of fused-ring (bicyclic) bond motifs is 1. The molecule has 0 spiro atoms. The molecular formula is C22H27N5O2S2. The fourth-order valence-electron chi connectivity index (χ4n) is 3.86. The summed E-state index contributed by atoms with van der Waals surface area (Å²) in [5.74, 6) is 0.503. The summed E-state index contributed by atoms with van der Waals surface area (Å²) < 4.78 is 2.10. The number of carbonyl (C=O) groups is 1. The minimum absolute atomic E-state index is 0.0222. The van der Waals surface area contributed by atoms with Crippen molar-refractivity contribution in [1.82, 2.24) is 19.2 Å². The number of rotatable bonds is 4. The number of amides is 1. The Bertz CT molecular complexity index is 1130. The van der Waals surface area contributed by atoms with Crippen molar-refractivity contribution in [3.8, 4) is 0 Å². The predicted octanol–water partition coefficient (Wildman–Crippen LogP) is 2.75. The van der Waals surface area contributed by atoms with Crippen molar-refractivity contribution in [3.05, 3.63) is 44.7 Å². The lowest BCUT2D eigenvalue weighted by Crippen LogP contribution is -2.45. The summed E-state index contributed by atoms with van der Waals surface area (Å²) in [7, 11) is 2.09.